The molecule has 98 valence electrons. The molecule has 18 heavy (non-hydrogen) atoms. The molecule has 1 aromatic carbocycles. The van der Waals surface area contributed by atoms with E-state index in [4.69, 9.17) is 0 Å². The predicted molar refractivity (Wildman–Crippen MR) is 60.8 cm³/mol. The minimum absolute atomic E-state index is 0.247. The fourth-order valence-electron chi connectivity index (χ4n) is 2.67. The third kappa shape index (κ3) is 1.94. The Balaban J connectivity index is 2.47. The zero-order valence-corrected chi connectivity index (χ0v) is 9.70. The molecule has 1 aromatic rings. The van der Waals surface area contributed by atoms with Gasteiger partial charge in [0.1, 0.15) is 5.75 Å². The molecule has 0 spiro atoms. The van der Waals surface area contributed by atoms with E-state index in [0.29, 0.717) is 12.8 Å². The van der Waals surface area contributed by atoms with Gasteiger partial charge < -0.3 is 10.2 Å². The second-order valence-corrected chi connectivity index (χ2v) is 4.67. The number of phenols is 1. The van der Waals surface area contributed by atoms with Gasteiger partial charge in [0.2, 0.25) is 0 Å². The van der Waals surface area contributed by atoms with Gasteiger partial charge in [0.15, 0.2) is 0 Å². The zero-order valence-electron chi connectivity index (χ0n) is 9.70. The highest BCUT2D eigenvalue weighted by molar-refractivity contribution is 5.83. The van der Waals surface area contributed by atoms with E-state index in [2.05, 4.69) is 0 Å². The van der Waals surface area contributed by atoms with Gasteiger partial charge in [0.25, 0.3) is 6.43 Å². The van der Waals surface area contributed by atoms with Crippen molar-refractivity contribution in [3.63, 3.8) is 0 Å². The Hall–Kier alpha value is -1.65. The molecule has 0 amide bonds. The number of rotatable bonds is 3. The van der Waals surface area contributed by atoms with Gasteiger partial charge in [-0.25, -0.2) is 8.78 Å². The van der Waals surface area contributed by atoms with Gasteiger partial charge in [0, 0.05) is 11.1 Å². The molecule has 0 heterocycles. The average Bonchev–Trinajstić information content (AvgIpc) is 2.78. The van der Waals surface area contributed by atoms with Crippen molar-refractivity contribution < 1.29 is 23.8 Å². The Morgan fingerprint density at radius 1 is 1.28 bits per heavy atom. The van der Waals surface area contributed by atoms with Crippen molar-refractivity contribution in [1.29, 1.82) is 0 Å². The van der Waals surface area contributed by atoms with Crippen LogP contribution in [-0.4, -0.2) is 16.2 Å². The van der Waals surface area contributed by atoms with Crippen molar-refractivity contribution >= 4 is 5.97 Å². The Labute approximate surface area is 103 Å². The lowest BCUT2D eigenvalue weighted by molar-refractivity contribution is -0.143. The molecule has 0 radical (unpaired) electrons. The number of aliphatic carboxylic acids is 1. The lowest BCUT2D eigenvalue weighted by atomic mass is 9.78. The first kappa shape index (κ1) is 12.8. The molecule has 0 aliphatic heterocycles. The topological polar surface area (TPSA) is 57.5 Å². The number of halogens is 2. The van der Waals surface area contributed by atoms with Crippen molar-refractivity contribution in [2.75, 3.05) is 0 Å². The lowest BCUT2D eigenvalue weighted by Gasteiger charge is -2.25. The van der Waals surface area contributed by atoms with Crippen LogP contribution in [0.25, 0.3) is 0 Å². The summed E-state index contributed by atoms with van der Waals surface area (Å²) in [4.78, 5) is 11.4. The van der Waals surface area contributed by atoms with Gasteiger partial charge in [-0.3, -0.25) is 4.79 Å². The maximum atomic E-state index is 12.5. The third-order valence-electron chi connectivity index (χ3n) is 3.66. The SMILES string of the molecule is O=C(O)C1(c2ccc(C(F)F)cc2O)CCCC1. The average molecular weight is 256 g/mol. The Kier molecular flexibility index (Phi) is 3.24. The molecule has 1 aliphatic rings. The second kappa shape index (κ2) is 4.55. The first-order valence-electron chi connectivity index (χ1n) is 5.82. The van der Waals surface area contributed by atoms with Crippen LogP contribution in [0.15, 0.2) is 18.2 Å². The van der Waals surface area contributed by atoms with E-state index in [1.807, 2.05) is 0 Å². The molecule has 2 rings (SSSR count). The van der Waals surface area contributed by atoms with E-state index >= 15 is 0 Å². The summed E-state index contributed by atoms with van der Waals surface area (Å²) in [5.41, 5.74) is -1.17. The minimum atomic E-state index is -2.67. The molecule has 0 saturated heterocycles. The number of hydrogen-bond donors (Lipinski definition) is 2. The summed E-state index contributed by atoms with van der Waals surface area (Å²) in [6.45, 7) is 0. The molecule has 0 unspecified atom stereocenters. The van der Waals surface area contributed by atoms with E-state index in [0.717, 1.165) is 18.9 Å². The molecule has 3 nitrogen and oxygen atoms in total. The molecular weight excluding hydrogens is 242 g/mol. The van der Waals surface area contributed by atoms with E-state index < -0.39 is 17.8 Å². The molecule has 2 N–H and O–H groups in total. The maximum Gasteiger partial charge on any atom is 0.314 e. The van der Waals surface area contributed by atoms with Crippen LogP contribution < -0.4 is 0 Å². The largest absolute Gasteiger partial charge is 0.508 e. The fourth-order valence-corrected chi connectivity index (χ4v) is 2.67. The molecule has 5 heteroatoms. The number of alkyl halides is 2. The maximum absolute atomic E-state index is 12.5. The van der Waals surface area contributed by atoms with Crippen molar-refractivity contribution in [2.45, 2.75) is 37.5 Å². The van der Waals surface area contributed by atoms with Crippen LogP contribution in [0.3, 0.4) is 0 Å². The molecule has 0 aromatic heterocycles. The van der Waals surface area contributed by atoms with Crippen LogP contribution in [0.2, 0.25) is 0 Å². The summed E-state index contributed by atoms with van der Waals surface area (Å²) in [6.07, 6.45) is -0.271. The molecule has 1 saturated carbocycles. The number of carboxylic acid groups (broad SMARTS) is 1. The number of carboxylic acids is 1. The number of aromatic hydroxyl groups is 1. The predicted octanol–water partition coefficient (Wildman–Crippen LogP) is 3.23. The molecule has 0 bridgehead atoms. The number of carbonyl (C=O) groups is 1. The first-order valence-corrected chi connectivity index (χ1v) is 5.82. The van der Waals surface area contributed by atoms with E-state index in [-0.39, 0.29) is 16.9 Å². The van der Waals surface area contributed by atoms with Crippen LogP contribution in [0.4, 0.5) is 8.78 Å². The van der Waals surface area contributed by atoms with Crippen molar-refractivity contribution in [3.8, 4) is 5.75 Å². The smallest absolute Gasteiger partial charge is 0.314 e. The summed E-state index contributed by atoms with van der Waals surface area (Å²) in [7, 11) is 0. The third-order valence-corrected chi connectivity index (χ3v) is 3.66. The number of benzene rings is 1. The Morgan fingerprint density at radius 2 is 1.89 bits per heavy atom. The van der Waals surface area contributed by atoms with Crippen LogP contribution in [0.5, 0.6) is 5.75 Å². The Morgan fingerprint density at radius 3 is 2.33 bits per heavy atom. The second-order valence-electron chi connectivity index (χ2n) is 4.67. The van der Waals surface area contributed by atoms with Gasteiger partial charge in [0.05, 0.1) is 5.41 Å². The van der Waals surface area contributed by atoms with E-state index in [1.165, 1.54) is 12.1 Å². The summed E-state index contributed by atoms with van der Waals surface area (Å²) in [5.74, 6) is -1.35. The van der Waals surface area contributed by atoms with Crippen molar-refractivity contribution in [3.05, 3.63) is 29.3 Å². The van der Waals surface area contributed by atoms with Gasteiger partial charge in [-0.1, -0.05) is 25.0 Å². The van der Waals surface area contributed by atoms with Crippen LogP contribution in [-0.2, 0) is 10.2 Å². The summed E-state index contributed by atoms with van der Waals surface area (Å²) in [6, 6.07) is 3.46. The van der Waals surface area contributed by atoms with Gasteiger partial charge >= 0.3 is 5.97 Å². The molecular formula is C13H14F2O3. The first-order chi connectivity index (χ1) is 8.47. The quantitative estimate of drug-likeness (QED) is 0.872. The minimum Gasteiger partial charge on any atom is -0.508 e. The Bertz CT molecular complexity index is 465. The highest BCUT2D eigenvalue weighted by atomic mass is 19.3. The van der Waals surface area contributed by atoms with Gasteiger partial charge in [-0.15, -0.1) is 0 Å². The lowest BCUT2D eigenvalue weighted by Crippen LogP contribution is -2.32. The van der Waals surface area contributed by atoms with Crippen molar-refractivity contribution in [1.82, 2.24) is 0 Å². The standard InChI is InChI=1S/C13H14F2O3/c14-11(15)8-3-4-9(10(16)7-8)13(12(17)18)5-1-2-6-13/h3-4,7,11,16H,1-2,5-6H2,(H,17,18). The summed E-state index contributed by atoms with van der Waals surface area (Å²) >= 11 is 0. The monoisotopic (exact) mass is 256 g/mol. The molecule has 0 atom stereocenters. The summed E-state index contributed by atoms with van der Waals surface area (Å²) in [5, 5.41) is 19.2. The van der Waals surface area contributed by atoms with Gasteiger partial charge in [-0.05, 0) is 18.9 Å². The number of hydrogen-bond acceptors (Lipinski definition) is 2. The fraction of sp³-hybridized carbons (Fsp3) is 0.462. The van der Waals surface area contributed by atoms with E-state index in [9.17, 15) is 23.8 Å². The highest BCUT2D eigenvalue weighted by Gasteiger charge is 2.44. The summed E-state index contributed by atoms with van der Waals surface area (Å²) < 4.78 is 25.0. The van der Waals surface area contributed by atoms with Crippen LogP contribution in [0.1, 0.15) is 43.2 Å². The highest BCUT2D eigenvalue weighted by Crippen LogP contribution is 2.45. The molecule has 1 aliphatic carbocycles. The number of phenolic OH excluding ortho intramolecular Hbond substituents is 1. The van der Waals surface area contributed by atoms with Gasteiger partial charge in [-0.2, -0.15) is 0 Å². The van der Waals surface area contributed by atoms with E-state index in [1.54, 1.807) is 0 Å². The van der Waals surface area contributed by atoms with Crippen LogP contribution >= 0.6 is 0 Å². The molecule has 1 fully saturated rings. The van der Waals surface area contributed by atoms with Crippen molar-refractivity contribution in [2.24, 2.45) is 0 Å². The van der Waals surface area contributed by atoms with Crippen LogP contribution in [0, 0.1) is 0 Å². The normalized spacial score (nSPS) is 18.2. The zero-order chi connectivity index (χ0) is 13.3.